The van der Waals surface area contributed by atoms with Gasteiger partial charge < -0.3 is 4.90 Å². The lowest BCUT2D eigenvalue weighted by molar-refractivity contribution is 0.0881. The summed E-state index contributed by atoms with van der Waals surface area (Å²) in [6, 6.07) is 8.72. The molecule has 0 aliphatic carbocycles. The first kappa shape index (κ1) is 13.0. The minimum atomic E-state index is -0.276. The number of benzene rings is 1. The predicted molar refractivity (Wildman–Crippen MR) is 68.4 cm³/mol. The maximum absolute atomic E-state index is 12.9. The summed E-state index contributed by atoms with van der Waals surface area (Å²) in [5, 5.41) is 9.35. The van der Waals surface area contributed by atoms with Crippen LogP contribution in [-0.2, 0) is 0 Å². The highest BCUT2D eigenvalue weighted by atomic mass is 19.1. The molecular weight excluding hydrogens is 229 g/mol. The van der Waals surface area contributed by atoms with Gasteiger partial charge in [0.25, 0.3) is 0 Å². The summed E-state index contributed by atoms with van der Waals surface area (Å²) in [5.41, 5.74) is 0.871. The summed E-state index contributed by atoms with van der Waals surface area (Å²) in [6.07, 6.45) is 0. The van der Waals surface area contributed by atoms with Gasteiger partial charge in [-0.2, -0.15) is 5.26 Å². The van der Waals surface area contributed by atoms with E-state index in [9.17, 15) is 9.65 Å². The molecule has 2 atom stereocenters. The molecule has 1 heterocycles. The molecule has 18 heavy (non-hydrogen) atoms. The van der Waals surface area contributed by atoms with Crippen molar-refractivity contribution in [2.24, 2.45) is 0 Å². The van der Waals surface area contributed by atoms with E-state index in [1.165, 1.54) is 12.1 Å². The zero-order valence-electron chi connectivity index (χ0n) is 10.8. The van der Waals surface area contributed by atoms with Gasteiger partial charge in [-0.25, -0.2) is 4.39 Å². The van der Waals surface area contributed by atoms with Crippen molar-refractivity contribution in [2.45, 2.75) is 19.0 Å². The van der Waals surface area contributed by atoms with Crippen molar-refractivity contribution in [2.75, 3.05) is 26.7 Å². The maximum atomic E-state index is 12.9. The molecule has 1 aromatic rings. The fraction of sp³-hybridized carbons (Fsp3) is 0.500. The van der Waals surface area contributed by atoms with Crippen LogP contribution in [0.4, 0.5) is 4.39 Å². The van der Waals surface area contributed by atoms with E-state index in [2.05, 4.69) is 29.8 Å². The minimum Gasteiger partial charge on any atom is -0.301 e. The highest BCUT2D eigenvalue weighted by molar-refractivity contribution is 5.25. The van der Waals surface area contributed by atoms with Crippen LogP contribution >= 0.6 is 0 Å². The van der Waals surface area contributed by atoms with E-state index in [-0.39, 0.29) is 11.9 Å². The Labute approximate surface area is 107 Å². The van der Waals surface area contributed by atoms with Gasteiger partial charge in [0, 0.05) is 25.7 Å². The van der Waals surface area contributed by atoms with Crippen molar-refractivity contribution in [3.63, 3.8) is 0 Å². The Hall–Kier alpha value is -1.44. The maximum Gasteiger partial charge on any atom is 0.123 e. The molecule has 1 aliphatic rings. The van der Waals surface area contributed by atoms with Gasteiger partial charge in [-0.1, -0.05) is 12.1 Å². The average molecular weight is 247 g/mol. The van der Waals surface area contributed by atoms with Gasteiger partial charge in [0.2, 0.25) is 0 Å². The van der Waals surface area contributed by atoms with Crippen LogP contribution in [0.3, 0.4) is 0 Å². The second kappa shape index (κ2) is 5.47. The molecule has 0 radical (unpaired) electrons. The molecule has 1 fully saturated rings. The van der Waals surface area contributed by atoms with Crippen molar-refractivity contribution >= 4 is 0 Å². The molecule has 0 amide bonds. The topological polar surface area (TPSA) is 30.3 Å². The first-order valence-corrected chi connectivity index (χ1v) is 6.21. The summed E-state index contributed by atoms with van der Waals surface area (Å²) >= 11 is 0. The smallest absolute Gasteiger partial charge is 0.123 e. The molecule has 1 saturated heterocycles. The molecule has 96 valence electrons. The van der Waals surface area contributed by atoms with Gasteiger partial charge in [-0.3, -0.25) is 4.90 Å². The second-order valence-electron chi connectivity index (χ2n) is 4.91. The third-order valence-electron chi connectivity index (χ3n) is 3.66. The number of hydrogen-bond donors (Lipinski definition) is 0. The van der Waals surface area contributed by atoms with Crippen LogP contribution in [0.2, 0.25) is 0 Å². The molecule has 0 saturated carbocycles. The molecule has 1 aromatic carbocycles. The van der Waals surface area contributed by atoms with E-state index in [0.29, 0.717) is 6.04 Å². The predicted octanol–water partition coefficient (Wildman–Crippen LogP) is 2.03. The van der Waals surface area contributed by atoms with Gasteiger partial charge in [0.1, 0.15) is 11.9 Å². The minimum absolute atomic E-state index is 0.262. The van der Waals surface area contributed by atoms with Crippen LogP contribution in [0.5, 0.6) is 0 Å². The van der Waals surface area contributed by atoms with Crippen molar-refractivity contribution < 1.29 is 4.39 Å². The summed E-state index contributed by atoms with van der Waals surface area (Å²) in [5.74, 6) is -0.262. The zero-order chi connectivity index (χ0) is 13.1. The summed E-state index contributed by atoms with van der Waals surface area (Å²) in [7, 11) is 2.10. The van der Waals surface area contributed by atoms with E-state index in [1.807, 2.05) is 0 Å². The van der Waals surface area contributed by atoms with E-state index in [0.717, 1.165) is 25.2 Å². The fourth-order valence-corrected chi connectivity index (χ4v) is 2.32. The third kappa shape index (κ3) is 2.69. The van der Waals surface area contributed by atoms with E-state index >= 15 is 0 Å². The lowest BCUT2D eigenvalue weighted by Crippen LogP contribution is -2.50. The Bertz CT molecular complexity index is 437. The Morgan fingerprint density at radius 3 is 2.56 bits per heavy atom. The summed E-state index contributed by atoms with van der Waals surface area (Å²) in [6.45, 7) is 4.86. The fourth-order valence-electron chi connectivity index (χ4n) is 2.32. The summed E-state index contributed by atoms with van der Waals surface area (Å²) < 4.78 is 12.9. The number of nitriles is 1. The normalized spacial score (nSPS) is 23.6. The number of nitrogens with zero attached hydrogens (tertiary/aromatic N) is 3. The summed E-state index contributed by atoms with van der Waals surface area (Å²) in [4.78, 5) is 4.45. The molecule has 0 N–H and O–H groups in total. The Morgan fingerprint density at radius 1 is 1.33 bits per heavy atom. The van der Waals surface area contributed by atoms with Crippen molar-refractivity contribution in [1.82, 2.24) is 9.80 Å². The monoisotopic (exact) mass is 247 g/mol. The second-order valence-corrected chi connectivity index (χ2v) is 4.91. The number of likely N-dealkylation sites (N-methyl/N-ethyl adjacent to an activating group) is 1. The van der Waals surface area contributed by atoms with Gasteiger partial charge in [-0.05, 0) is 31.7 Å². The van der Waals surface area contributed by atoms with Gasteiger partial charge in [0.15, 0.2) is 0 Å². The van der Waals surface area contributed by atoms with Crippen LogP contribution in [-0.4, -0.2) is 42.5 Å². The number of halogens is 1. The van der Waals surface area contributed by atoms with Crippen LogP contribution in [0, 0.1) is 17.1 Å². The van der Waals surface area contributed by atoms with Crippen LogP contribution in [0.1, 0.15) is 18.5 Å². The molecular formula is C14H18FN3. The zero-order valence-corrected chi connectivity index (χ0v) is 10.8. The van der Waals surface area contributed by atoms with E-state index < -0.39 is 0 Å². The molecule has 2 unspecified atom stereocenters. The number of hydrogen-bond acceptors (Lipinski definition) is 3. The molecule has 0 bridgehead atoms. The largest absolute Gasteiger partial charge is 0.301 e. The lowest BCUT2D eigenvalue weighted by atomic mass is 10.0. The molecule has 4 heteroatoms. The van der Waals surface area contributed by atoms with Crippen LogP contribution in [0.25, 0.3) is 0 Å². The molecule has 0 spiro atoms. The molecule has 0 aromatic heterocycles. The first-order valence-electron chi connectivity index (χ1n) is 6.21. The molecule has 1 aliphatic heterocycles. The van der Waals surface area contributed by atoms with Gasteiger partial charge >= 0.3 is 0 Å². The lowest BCUT2D eigenvalue weighted by Gasteiger charge is -2.39. The number of piperazine rings is 1. The van der Waals surface area contributed by atoms with Crippen LogP contribution in [0.15, 0.2) is 24.3 Å². The molecule has 3 nitrogen and oxygen atoms in total. The highest BCUT2D eigenvalue weighted by Gasteiger charge is 2.27. The Balaban J connectivity index is 2.14. The average Bonchev–Trinajstić information content (AvgIpc) is 2.37. The standard InChI is InChI=1S/C14H18FN3/c1-11-10-18(8-7-17(11)2)14(9-16)12-3-5-13(15)6-4-12/h3-6,11,14H,7-8,10H2,1-2H3. The van der Waals surface area contributed by atoms with Gasteiger partial charge in [0.05, 0.1) is 6.07 Å². The Morgan fingerprint density at radius 2 is 2.00 bits per heavy atom. The third-order valence-corrected chi connectivity index (χ3v) is 3.66. The van der Waals surface area contributed by atoms with Crippen molar-refractivity contribution in [3.8, 4) is 6.07 Å². The van der Waals surface area contributed by atoms with Crippen molar-refractivity contribution in [1.29, 1.82) is 5.26 Å². The van der Waals surface area contributed by atoms with Crippen LogP contribution < -0.4 is 0 Å². The number of rotatable bonds is 2. The SMILES string of the molecule is CC1CN(C(C#N)c2ccc(F)cc2)CCN1C. The van der Waals surface area contributed by atoms with Crippen molar-refractivity contribution in [3.05, 3.63) is 35.6 Å². The van der Waals surface area contributed by atoms with E-state index in [4.69, 9.17) is 0 Å². The highest BCUT2D eigenvalue weighted by Crippen LogP contribution is 2.23. The van der Waals surface area contributed by atoms with Gasteiger partial charge in [-0.15, -0.1) is 0 Å². The Kier molecular flexibility index (Phi) is 3.95. The first-order chi connectivity index (χ1) is 8.61. The molecule has 2 rings (SSSR count). The van der Waals surface area contributed by atoms with E-state index in [1.54, 1.807) is 12.1 Å². The quantitative estimate of drug-likeness (QED) is 0.801.